The molecule has 0 unspecified atom stereocenters. The van der Waals surface area contributed by atoms with Crippen LogP contribution in [-0.4, -0.2) is 23.8 Å². The Bertz CT molecular complexity index is 1420. The van der Waals surface area contributed by atoms with E-state index in [1.54, 1.807) is 18.4 Å². The van der Waals surface area contributed by atoms with E-state index in [9.17, 15) is 9.59 Å². The predicted octanol–water partition coefficient (Wildman–Crippen LogP) is 4.63. The lowest BCUT2D eigenvalue weighted by Gasteiger charge is -2.23. The zero-order valence-electron chi connectivity index (χ0n) is 18.1. The second-order valence-electron chi connectivity index (χ2n) is 7.06. The highest BCUT2D eigenvalue weighted by atomic mass is 127. The molecule has 0 saturated carbocycles. The molecule has 0 bridgehead atoms. The van der Waals surface area contributed by atoms with Gasteiger partial charge in [-0.25, -0.2) is 9.79 Å². The molecule has 0 N–H and O–H groups in total. The number of benzene rings is 1. The molecule has 1 aliphatic heterocycles. The maximum Gasteiger partial charge on any atom is 0.338 e. The molecular formula is C23H20BrIN2O4S2. The summed E-state index contributed by atoms with van der Waals surface area (Å²) in [5.41, 5.74) is 1.55. The minimum absolute atomic E-state index is 0.205. The number of aromatic nitrogens is 1. The van der Waals surface area contributed by atoms with Gasteiger partial charge in [0.2, 0.25) is 0 Å². The summed E-state index contributed by atoms with van der Waals surface area (Å²) in [6, 6.07) is 7.16. The Balaban J connectivity index is 1.96. The molecule has 3 heterocycles. The number of carbonyl (C=O) groups is 1. The highest BCUT2D eigenvalue weighted by Crippen LogP contribution is 2.33. The molecule has 1 atom stereocenters. The Morgan fingerprint density at radius 2 is 2.12 bits per heavy atom. The van der Waals surface area contributed by atoms with E-state index in [1.165, 1.54) is 22.7 Å². The second kappa shape index (κ2) is 10.2. The molecule has 4 rings (SSSR count). The van der Waals surface area contributed by atoms with Gasteiger partial charge in [0.25, 0.3) is 5.56 Å². The number of thiophene rings is 1. The normalized spacial score (nSPS) is 15.9. The molecule has 3 aromatic rings. The molecule has 0 spiro atoms. The minimum Gasteiger partial charge on any atom is -0.492 e. The van der Waals surface area contributed by atoms with Crippen LogP contribution in [0.1, 0.15) is 37.3 Å². The fraction of sp³-hybridized carbons (Fsp3) is 0.261. The smallest absolute Gasteiger partial charge is 0.338 e. The summed E-state index contributed by atoms with van der Waals surface area (Å²) < 4.78 is 15.1. The number of thiazole rings is 1. The molecule has 0 amide bonds. The third-order valence-electron chi connectivity index (χ3n) is 4.94. The number of halogens is 2. The predicted molar refractivity (Wildman–Crippen MR) is 143 cm³/mol. The van der Waals surface area contributed by atoms with Crippen molar-refractivity contribution < 1.29 is 14.3 Å². The largest absolute Gasteiger partial charge is 0.492 e. The second-order valence-corrected chi connectivity index (χ2v) is 11.1. The number of nitrogens with zero attached hydrogens (tertiary/aromatic N) is 2. The van der Waals surface area contributed by atoms with Gasteiger partial charge in [0.1, 0.15) is 11.8 Å². The zero-order chi connectivity index (χ0) is 23.7. The summed E-state index contributed by atoms with van der Waals surface area (Å²) in [5.74, 6) is 0.275. The monoisotopic (exact) mass is 658 g/mol. The quantitative estimate of drug-likeness (QED) is 0.286. The average molecular weight is 659 g/mol. The van der Waals surface area contributed by atoms with Gasteiger partial charge in [-0.1, -0.05) is 33.3 Å². The Morgan fingerprint density at radius 3 is 2.79 bits per heavy atom. The molecule has 0 radical (unpaired) electrons. The van der Waals surface area contributed by atoms with E-state index in [-0.39, 0.29) is 12.2 Å². The molecule has 172 valence electrons. The maximum atomic E-state index is 13.7. The van der Waals surface area contributed by atoms with Gasteiger partial charge in [-0.3, -0.25) is 9.36 Å². The molecule has 33 heavy (non-hydrogen) atoms. The maximum absolute atomic E-state index is 13.7. The lowest BCUT2D eigenvalue weighted by Crippen LogP contribution is -2.39. The van der Waals surface area contributed by atoms with Gasteiger partial charge < -0.3 is 9.47 Å². The summed E-state index contributed by atoms with van der Waals surface area (Å²) in [6.45, 7) is 6.24. The van der Waals surface area contributed by atoms with E-state index in [4.69, 9.17) is 9.47 Å². The fourth-order valence-corrected chi connectivity index (χ4v) is 7.20. The number of carbonyl (C=O) groups excluding carboxylic acids is 1. The zero-order valence-corrected chi connectivity index (χ0v) is 23.4. The lowest BCUT2D eigenvalue weighted by molar-refractivity contribution is -0.139. The summed E-state index contributed by atoms with van der Waals surface area (Å²) in [7, 11) is 0. The Labute approximate surface area is 220 Å². The van der Waals surface area contributed by atoms with Gasteiger partial charge in [0.05, 0.1) is 32.6 Å². The van der Waals surface area contributed by atoms with Crippen molar-refractivity contribution in [3.05, 3.63) is 79.1 Å². The standard InChI is InChI=1S/C23H20BrIN2O4S2/c1-4-30-20-13(9-14(24)11-15(20)25)10-17-21(28)27-19(16-7-6-8-32-16)18(22(29)31-5-2)12(3)26-23(27)33-17/h6-11,19H,4-5H2,1-3H3/b17-10-/t19-/m0/s1. The van der Waals surface area contributed by atoms with Crippen LogP contribution in [0.25, 0.3) is 6.08 Å². The highest BCUT2D eigenvalue weighted by Gasteiger charge is 2.33. The van der Waals surface area contributed by atoms with E-state index in [1.807, 2.05) is 42.6 Å². The van der Waals surface area contributed by atoms with Gasteiger partial charge in [0.15, 0.2) is 4.80 Å². The lowest BCUT2D eigenvalue weighted by atomic mass is 10.0. The number of ether oxygens (including phenoxy) is 2. The van der Waals surface area contributed by atoms with Crippen molar-refractivity contribution in [3.63, 3.8) is 0 Å². The highest BCUT2D eigenvalue weighted by molar-refractivity contribution is 14.1. The van der Waals surface area contributed by atoms with Crippen LogP contribution in [0.2, 0.25) is 0 Å². The molecular weight excluding hydrogens is 639 g/mol. The van der Waals surface area contributed by atoms with Crippen LogP contribution in [0.4, 0.5) is 0 Å². The van der Waals surface area contributed by atoms with E-state index < -0.39 is 12.0 Å². The van der Waals surface area contributed by atoms with Crippen LogP contribution in [-0.2, 0) is 9.53 Å². The van der Waals surface area contributed by atoms with E-state index in [0.717, 1.165) is 24.2 Å². The number of allylic oxidation sites excluding steroid dienone is 1. The van der Waals surface area contributed by atoms with E-state index in [0.29, 0.717) is 27.2 Å². The van der Waals surface area contributed by atoms with Crippen LogP contribution in [0, 0.1) is 3.57 Å². The molecule has 1 aromatic carbocycles. The summed E-state index contributed by atoms with van der Waals surface area (Å²) in [4.78, 5) is 32.5. The van der Waals surface area contributed by atoms with Crippen LogP contribution < -0.4 is 19.6 Å². The van der Waals surface area contributed by atoms with Crippen molar-refractivity contribution in [2.75, 3.05) is 13.2 Å². The topological polar surface area (TPSA) is 69.9 Å². The van der Waals surface area contributed by atoms with Gasteiger partial charge >= 0.3 is 5.97 Å². The Morgan fingerprint density at radius 1 is 1.33 bits per heavy atom. The van der Waals surface area contributed by atoms with Gasteiger partial charge in [0, 0.05) is 14.9 Å². The first-order valence-electron chi connectivity index (χ1n) is 10.2. The van der Waals surface area contributed by atoms with Crippen molar-refractivity contribution in [1.29, 1.82) is 0 Å². The molecule has 0 fully saturated rings. The van der Waals surface area contributed by atoms with Crippen LogP contribution in [0.3, 0.4) is 0 Å². The summed E-state index contributed by atoms with van der Waals surface area (Å²) in [6.07, 6.45) is 1.83. The van der Waals surface area contributed by atoms with Gasteiger partial charge in [-0.2, -0.15) is 0 Å². The molecule has 0 aliphatic carbocycles. The number of rotatable bonds is 6. The molecule has 2 aromatic heterocycles. The summed E-state index contributed by atoms with van der Waals surface area (Å²) in [5, 5.41) is 1.93. The molecule has 6 nitrogen and oxygen atoms in total. The van der Waals surface area contributed by atoms with E-state index >= 15 is 0 Å². The number of hydrogen-bond acceptors (Lipinski definition) is 7. The van der Waals surface area contributed by atoms with Crippen molar-refractivity contribution in [2.24, 2.45) is 4.99 Å². The number of fused-ring (bicyclic) bond motifs is 1. The average Bonchev–Trinajstić information content (AvgIpc) is 3.38. The van der Waals surface area contributed by atoms with E-state index in [2.05, 4.69) is 43.5 Å². The first-order valence-corrected chi connectivity index (χ1v) is 13.8. The molecule has 0 saturated heterocycles. The Hall–Kier alpha value is -1.76. The first-order chi connectivity index (χ1) is 15.8. The van der Waals surface area contributed by atoms with Crippen LogP contribution in [0.15, 0.2) is 55.2 Å². The van der Waals surface area contributed by atoms with Gasteiger partial charge in [-0.05, 0) is 73.0 Å². The SMILES string of the molecule is CCOC(=O)C1=C(C)N=c2s/c(=C\c3cc(Br)cc(I)c3OCC)c(=O)n2[C@H]1c1cccs1. The number of esters is 1. The van der Waals surface area contributed by atoms with Crippen LogP contribution >= 0.6 is 61.2 Å². The third-order valence-corrected chi connectivity index (χ3v) is 8.11. The first kappa shape index (κ1) is 24.4. The van der Waals surface area contributed by atoms with Crippen molar-refractivity contribution in [3.8, 4) is 5.75 Å². The number of hydrogen-bond donors (Lipinski definition) is 0. The molecule has 1 aliphatic rings. The van der Waals surface area contributed by atoms with Crippen molar-refractivity contribution in [2.45, 2.75) is 26.8 Å². The summed E-state index contributed by atoms with van der Waals surface area (Å²) >= 11 is 8.55. The fourth-order valence-electron chi connectivity index (χ4n) is 3.63. The van der Waals surface area contributed by atoms with Gasteiger partial charge in [-0.15, -0.1) is 11.3 Å². The minimum atomic E-state index is -0.573. The third kappa shape index (κ3) is 4.75. The Kier molecular flexibility index (Phi) is 7.56. The van der Waals surface area contributed by atoms with Crippen LogP contribution in [0.5, 0.6) is 5.75 Å². The van der Waals surface area contributed by atoms with Crippen molar-refractivity contribution >= 4 is 73.2 Å². The van der Waals surface area contributed by atoms with Crippen molar-refractivity contribution in [1.82, 2.24) is 4.57 Å². The molecule has 10 heteroatoms.